The van der Waals surface area contributed by atoms with E-state index < -0.39 is 18.2 Å². The first-order chi connectivity index (χ1) is 25.2. The zero-order valence-electron chi connectivity index (χ0n) is 29.5. The van der Waals surface area contributed by atoms with Crippen LogP contribution in [0.1, 0.15) is 69.7 Å². The van der Waals surface area contributed by atoms with Crippen LogP contribution in [0.3, 0.4) is 0 Å². The Morgan fingerprint density at radius 1 is 0.846 bits per heavy atom. The number of hydrogen-bond acceptors (Lipinski definition) is 6. The van der Waals surface area contributed by atoms with Gasteiger partial charge in [-0.15, -0.1) is 0 Å². The molecule has 2 bridgehead atoms. The summed E-state index contributed by atoms with van der Waals surface area (Å²) in [4.78, 5) is 57.1. The first kappa shape index (κ1) is 33.5. The van der Waals surface area contributed by atoms with Crippen LogP contribution in [0.5, 0.6) is 0 Å². The maximum absolute atomic E-state index is 13.5. The summed E-state index contributed by atoms with van der Waals surface area (Å²) in [7, 11) is 1.29. The lowest BCUT2D eigenvalue weighted by Crippen LogP contribution is -2.51. The summed E-state index contributed by atoms with van der Waals surface area (Å²) < 4.78 is 4.76. The van der Waals surface area contributed by atoms with Crippen LogP contribution in [-0.4, -0.2) is 78.7 Å². The number of aromatic amines is 2. The summed E-state index contributed by atoms with van der Waals surface area (Å²) in [6.07, 6.45) is 6.69. The fourth-order valence-corrected chi connectivity index (χ4v) is 8.53. The number of ether oxygens (including phenoxy) is 1. The molecule has 0 spiro atoms. The van der Waals surface area contributed by atoms with Gasteiger partial charge in [0.1, 0.15) is 17.7 Å². The second-order valence-corrected chi connectivity index (χ2v) is 14.6. The van der Waals surface area contributed by atoms with E-state index in [2.05, 4.69) is 80.9 Å². The topological polar surface area (TPSA) is 157 Å². The molecule has 3 fully saturated rings. The smallest absolute Gasteiger partial charge is 0.408 e. The van der Waals surface area contributed by atoms with E-state index in [0.717, 1.165) is 88.2 Å². The number of carbonyl (C=O) groups is 3. The number of nitrogens with zero attached hydrogens (tertiary/aromatic N) is 4. The Morgan fingerprint density at radius 2 is 1.48 bits per heavy atom. The molecule has 268 valence electrons. The molecule has 12 nitrogen and oxygen atoms in total. The van der Waals surface area contributed by atoms with Crippen LogP contribution >= 0.6 is 0 Å². The summed E-state index contributed by atoms with van der Waals surface area (Å²) in [6.45, 7) is 4.41. The molecule has 3 aromatic carbocycles. The quantitative estimate of drug-likeness (QED) is 0.130. The number of benzene rings is 3. The van der Waals surface area contributed by atoms with Crippen molar-refractivity contribution in [3.05, 3.63) is 84.7 Å². The molecule has 0 radical (unpaired) electrons. The van der Waals surface area contributed by atoms with Gasteiger partial charge in [-0.25, -0.2) is 19.6 Å². The first-order valence-electron chi connectivity index (χ1n) is 18.1. The zero-order valence-corrected chi connectivity index (χ0v) is 29.5. The highest BCUT2D eigenvalue weighted by atomic mass is 16.5. The molecule has 3 amide bonds. The predicted octanol–water partition coefficient (Wildman–Crippen LogP) is 7.53. The van der Waals surface area contributed by atoms with Crippen molar-refractivity contribution in [1.82, 2.24) is 35.1 Å². The summed E-state index contributed by atoms with van der Waals surface area (Å²) >= 11 is 0. The normalized spacial score (nSPS) is 21.6. The molecule has 8 rings (SSSR count). The van der Waals surface area contributed by atoms with Crippen molar-refractivity contribution in [3.63, 3.8) is 0 Å². The number of likely N-dealkylation sites (tertiary alicyclic amines) is 2. The number of H-pyrrole nitrogens is 2. The van der Waals surface area contributed by atoms with Crippen molar-refractivity contribution < 1.29 is 24.2 Å². The molecule has 2 aliphatic heterocycles. The van der Waals surface area contributed by atoms with E-state index in [4.69, 9.17) is 9.72 Å². The lowest BCUT2D eigenvalue weighted by Gasteiger charge is -2.31. The molecule has 1 saturated carbocycles. The largest absolute Gasteiger partial charge is 0.465 e. The molecular formula is C40H43N7O5. The molecule has 1 aliphatic carbocycles. The minimum Gasteiger partial charge on any atom is -0.465 e. The molecule has 4 N–H and O–H groups in total. The molecule has 2 saturated heterocycles. The van der Waals surface area contributed by atoms with Gasteiger partial charge in [0.25, 0.3) is 0 Å². The molecule has 3 aliphatic rings. The minimum atomic E-state index is -0.865. The van der Waals surface area contributed by atoms with Gasteiger partial charge in [-0.2, -0.15) is 0 Å². The Balaban J connectivity index is 0.964. The number of imidazole rings is 2. The number of carboxylic acid groups (broad SMARTS) is 1. The van der Waals surface area contributed by atoms with Crippen LogP contribution in [0.15, 0.2) is 73.1 Å². The number of piperidine rings is 1. The van der Waals surface area contributed by atoms with E-state index in [0.29, 0.717) is 12.5 Å². The molecule has 52 heavy (non-hydrogen) atoms. The molecular weight excluding hydrogens is 658 g/mol. The maximum Gasteiger partial charge on any atom is 0.408 e. The summed E-state index contributed by atoms with van der Waals surface area (Å²) in [5.41, 5.74) is 5.96. The van der Waals surface area contributed by atoms with Crippen molar-refractivity contribution in [3.8, 4) is 33.6 Å². The first-order valence-corrected chi connectivity index (χ1v) is 18.1. The second-order valence-electron chi connectivity index (χ2n) is 14.6. The van der Waals surface area contributed by atoms with Crippen LogP contribution in [0, 0.1) is 11.8 Å². The van der Waals surface area contributed by atoms with E-state index in [9.17, 15) is 19.5 Å². The highest BCUT2D eigenvalue weighted by Crippen LogP contribution is 2.49. The molecule has 4 heterocycles. The number of alkyl carbamates (subject to hydrolysis) is 1. The van der Waals surface area contributed by atoms with E-state index in [1.165, 1.54) is 7.11 Å². The van der Waals surface area contributed by atoms with Crippen LogP contribution in [0.4, 0.5) is 9.59 Å². The van der Waals surface area contributed by atoms with Crippen molar-refractivity contribution in [2.24, 2.45) is 11.8 Å². The van der Waals surface area contributed by atoms with E-state index in [1.807, 2.05) is 31.1 Å². The second kappa shape index (κ2) is 13.5. The zero-order chi connectivity index (χ0) is 36.1. The monoisotopic (exact) mass is 701 g/mol. The summed E-state index contributed by atoms with van der Waals surface area (Å²) in [5, 5.41) is 14.7. The van der Waals surface area contributed by atoms with Gasteiger partial charge in [0.2, 0.25) is 5.91 Å². The fraction of sp³-hybridized carbons (Fsp3) is 0.375. The minimum absolute atomic E-state index is 0.0977. The Hall–Kier alpha value is -5.65. The van der Waals surface area contributed by atoms with Crippen molar-refractivity contribution >= 4 is 28.9 Å². The Bertz CT molecular complexity index is 2140. The van der Waals surface area contributed by atoms with Gasteiger partial charge >= 0.3 is 12.2 Å². The van der Waals surface area contributed by atoms with Crippen LogP contribution in [0.25, 0.3) is 44.4 Å². The SMILES string of the molecule is COC(=O)NC(C(=O)N1CCCC1c1ncc(-c2ccc3cc(-c4ccc(-c5cnc(C6C7CCC(C7)N6C(=O)O)[nH]5)cc4)ccc3c2)[nH]1)C(C)C. The average Bonchev–Trinajstić information content (AvgIpc) is 4.01. The standard InChI is InChI=1S/C40H43N7O5/c1-22(2)34(45-39(49)52-3)38(48)46-16-4-5-33(46)36-41-21-32(43-36)28-13-12-26-17-25(10-11-27(26)18-28)23-6-8-24(9-7-23)31-20-42-37(44-31)35-29-14-15-30(19-29)47(35)40(50)51/h6-13,17-18,20-22,29-30,33-35H,4-5,14-16,19H2,1-3H3,(H,41,43)(H,42,44)(H,45,49)(H,50,51). The number of carbonyl (C=O) groups excluding carboxylic acids is 2. The van der Waals surface area contributed by atoms with Gasteiger partial charge in [-0.05, 0) is 83.5 Å². The molecule has 5 unspecified atom stereocenters. The molecule has 5 aromatic rings. The lowest BCUT2D eigenvalue weighted by molar-refractivity contribution is -0.135. The van der Waals surface area contributed by atoms with Gasteiger partial charge in [0.05, 0.1) is 43.0 Å². The van der Waals surface area contributed by atoms with Crippen LogP contribution in [-0.2, 0) is 9.53 Å². The van der Waals surface area contributed by atoms with Crippen molar-refractivity contribution in [2.45, 2.75) is 70.1 Å². The third-order valence-corrected chi connectivity index (χ3v) is 11.2. The number of amides is 3. The highest BCUT2D eigenvalue weighted by Gasteiger charge is 2.50. The summed E-state index contributed by atoms with van der Waals surface area (Å²) in [6, 6.07) is 20.1. The number of aromatic nitrogens is 4. The lowest BCUT2D eigenvalue weighted by atomic mass is 9.98. The number of nitrogens with one attached hydrogen (secondary N) is 3. The van der Waals surface area contributed by atoms with E-state index >= 15 is 0 Å². The molecule has 5 atom stereocenters. The van der Waals surface area contributed by atoms with Crippen molar-refractivity contribution in [2.75, 3.05) is 13.7 Å². The van der Waals surface area contributed by atoms with E-state index in [1.54, 1.807) is 4.90 Å². The highest BCUT2D eigenvalue weighted by molar-refractivity contribution is 5.91. The Labute approximate surface area is 301 Å². The van der Waals surface area contributed by atoms with Gasteiger partial charge in [0, 0.05) is 18.2 Å². The summed E-state index contributed by atoms with van der Waals surface area (Å²) in [5.74, 6) is 1.56. The number of fused-ring (bicyclic) bond motifs is 3. The number of methoxy groups -OCH3 is 1. The fourth-order valence-electron chi connectivity index (χ4n) is 8.53. The maximum atomic E-state index is 13.5. The van der Waals surface area contributed by atoms with Gasteiger partial charge in [-0.3, -0.25) is 9.69 Å². The average molecular weight is 702 g/mol. The van der Waals surface area contributed by atoms with Crippen LogP contribution in [0.2, 0.25) is 0 Å². The van der Waals surface area contributed by atoms with Gasteiger partial charge in [-0.1, -0.05) is 62.4 Å². The number of rotatable bonds is 8. The molecule has 12 heteroatoms. The van der Waals surface area contributed by atoms with Crippen molar-refractivity contribution in [1.29, 1.82) is 0 Å². The Kier molecular flexibility index (Phi) is 8.68. The third kappa shape index (κ3) is 6.05. The van der Waals surface area contributed by atoms with E-state index in [-0.39, 0.29) is 30.0 Å². The van der Waals surface area contributed by atoms with Gasteiger partial charge in [0.15, 0.2) is 0 Å². The Morgan fingerprint density at radius 3 is 2.19 bits per heavy atom. The predicted molar refractivity (Wildman–Crippen MR) is 196 cm³/mol. The van der Waals surface area contributed by atoms with Gasteiger partial charge < -0.3 is 30.0 Å². The van der Waals surface area contributed by atoms with Crippen LogP contribution < -0.4 is 5.32 Å². The molecule has 2 aromatic heterocycles. The number of hydrogen-bond donors (Lipinski definition) is 4. The third-order valence-electron chi connectivity index (χ3n) is 11.2.